The summed E-state index contributed by atoms with van der Waals surface area (Å²) in [6.45, 7) is 5.10. The Morgan fingerprint density at radius 1 is 1.16 bits per heavy atom. The van der Waals surface area contributed by atoms with Crippen molar-refractivity contribution in [2.24, 2.45) is 0 Å². The smallest absolute Gasteiger partial charge is 0.265 e. The van der Waals surface area contributed by atoms with E-state index in [4.69, 9.17) is 0 Å². The topological polar surface area (TPSA) is 75.2 Å². The second-order valence-corrected chi connectivity index (χ2v) is 8.87. The van der Waals surface area contributed by atoms with Crippen LogP contribution in [0, 0.1) is 19.7 Å². The van der Waals surface area contributed by atoms with Crippen molar-refractivity contribution in [2.75, 3.05) is 18.4 Å². The van der Waals surface area contributed by atoms with E-state index in [2.05, 4.69) is 15.3 Å². The van der Waals surface area contributed by atoms with E-state index in [1.807, 2.05) is 24.8 Å². The fourth-order valence-corrected chi connectivity index (χ4v) is 4.68. The summed E-state index contributed by atoms with van der Waals surface area (Å²) < 4.78 is 13.0. The number of hydrogen-bond acceptors (Lipinski definition) is 5. The third-order valence-electron chi connectivity index (χ3n) is 5.38. The molecule has 1 atom stereocenters. The number of carbonyl (C=O) groups is 2. The highest BCUT2D eigenvalue weighted by molar-refractivity contribution is 7.13. The maximum absolute atomic E-state index is 13.0. The zero-order valence-electron chi connectivity index (χ0n) is 17.4. The minimum absolute atomic E-state index is 0.0306. The third kappa shape index (κ3) is 4.80. The van der Waals surface area contributed by atoms with Crippen LogP contribution in [0.2, 0.25) is 0 Å². The Kier molecular flexibility index (Phi) is 6.08. The number of pyridine rings is 1. The van der Waals surface area contributed by atoms with E-state index < -0.39 is 0 Å². The number of halogens is 1. The third-order valence-corrected chi connectivity index (χ3v) is 6.44. The zero-order valence-corrected chi connectivity index (χ0v) is 18.2. The van der Waals surface area contributed by atoms with E-state index in [0.717, 1.165) is 35.8 Å². The molecule has 0 aliphatic carbocycles. The molecule has 31 heavy (non-hydrogen) atoms. The molecule has 0 radical (unpaired) electrons. The molecule has 2 amide bonds. The summed E-state index contributed by atoms with van der Waals surface area (Å²) in [4.78, 5) is 36.8. The number of nitrogens with one attached hydrogen (secondary N) is 1. The standard InChI is InChI=1S/C23H23FN4O2S/c1-14-21(31-15(2)26-14)23(30)28-11-3-4-17(13-28)20-10-5-16(12-25-20)22(29)27-19-8-6-18(24)7-9-19/h5-10,12,17H,3-4,11,13H2,1-2H3,(H,27,29). The molecule has 1 fully saturated rings. The number of rotatable bonds is 4. The van der Waals surface area contributed by atoms with Gasteiger partial charge in [0, 0.05) is 36.6 Å². The van der Waals surface area contributed by atoms with Gasteiger partial charge in [-0.3, -0.25) is 14.6 Å². The molecule has 1 aliphatic rings. The largest absolute Gasteiger partial charge is 0.337 e. The van der Waals surface area contributed by atoms with Crippen LogP contribution in [-0.2, 0) is 0 Å². The molecule has 0 saturated carbocycles. The van der Waals surface area contributed by atoms with Gasteiger partial charge in [-0.05, 0) is 63.1 Å². The van der Waals surface area contributed by atoms with E-state index in [9.17, 15) is 14.0 Å². The van der Waals surface area contributed by atoms with Gasteiger partial charge in [0.15, 0.2) is 0 Å². The van der Waals surface area contributed by atoms with Crippen LogP contribution in [0.4, 0.5) is 10.1 Å². The average molecular weight is 439 g/mol. The van der Waals surface area contributed by atoms with Gasteiger partial charge in [0.1, 0.15) is 10.7 Å². The summed E-state index contributed by atoms with van der Waals surface area (Å²) in [7, 11) is 0. The predicted octanol–water partition coefficient (Wildman–Crippen LogP) is 4.57. The molecule has 6 nitrogen and oxygen atoms in total. The molecular formula is C23H23FN4O2S. The molecule has 0 spiro atoms. The number of hydrogen-bond donors (Lipinski definition) is 1. The van der Waals surface area contributed by atoms with Crippen molar-refractivity contribution in [2.45, 2.75) is 32.6 Å². The quantitative estimate of drug-likeness (QED) is 0.648. The van der Waals surface area contributed by atoms with Gasteiger partial charge in [-0.15, -0.1) is 11.3 Å². The molecule has 0 bridgehead atoms. The number of amides is 2. The number of aryl methyl sites for hydroxylation is 2. The number of carbonyl (C=O) groups excluding carboxylic acids is 2. The van der Waals surface area contributed by atoms with Crippen molar-refractivity contribution >= 4 is 28.8 Å². The number of likely N-dealkylation sites (tertiary alicyclic amines) is 1. The minimum atomic E-state index is -0.357. The summed E-state index contributed by atoms with van der Waals surface area (Å²) in [6.07, 6.45) is 3.39. The highest BCUT2D eigenvalue weighted by Crippen LogP contribution is 2.28. The van der Waals surface area contributed by atoms with Crippen molar-refractivity contribution in [1.82, 2.24) is 14.9 Å². The van der Waals surface area contributed by atoms with Crippen LogP contribution in [0.3, 0.4) is 0 Å². The molecule has 3 heterocycles. The van der Waals surface area contributed by atoms with E-state index in [0.29, 0.717) is 22.7 Å². The number of aromatic nitrogens is 2. The lowest BCUT2D eigenvalue weighted by Crippen LogP contribution is -2.39. The monoisotopic (exact) mass is 438 g/mol. The van der Waals surface area contributed by atoms with Crippen LogP contribution in [0.5, 0.6) is 0 Å². The fraction of sp³-hybridized carbons (Fsp3) is 0.304. The van der Waals surface area contributed by atoms with Crippen LogP contribution in [0.25, 0.3) is 0 Å². The molecule has 1 N–H and O–H groups in total. The Morgan fingerprint density at radius 2 is 1.94 bits per heavy atom. The Hall–Kier alpha value is -3.13. The van der Waals surface area contributed by atoms with Gasteiger partial charge < -0.3 is 10.2 Å². The number of nitrogens with zero attached hydrogens (tertiary/aromatic N) is 3. The summed E-state index contributed by atoms with van der Waals surface area (Å²) in [6, 6.07) is 9.19. The van der Waals surface area contributed by atoms with E-state index >= 15 is 0 Å². The van der Waals surface area contributed by atoms with Gasteiger partial charge in [0.25, 0.3) is 11.8 Å². The lowest BCUT2D eigenvalue weighted by Gasteiger charge is -2.32. The molecule has 1 saturated heterocycles. The maximum Gasteiger partial charge on any atom is 0.265 e. The normalized spacial score (nSPS) is 16.2. The molecule has 1 unspecified atom stereocenters. The predicted molar refractivity (Wildman–Crippen MR) is 118 cm³/mol. The van der Waals surface area contributed by atoms with Crippen molar-refractivity contribution < 1.29 is 14.0 Å². The molecular weight excluding hydrogens is 415 g/mol. The Morgan fingerprint density at radius 3 is 2.58 bits per heavy atom. The molecule has 1 aliphatic heterocycles. The number of anilines is 1. The highest BCUT2D eigenvalue weighted by Gasteiger charge is 2.28. The van der Waals surface area contributed by atoms with Crippen LogP contribution >= 0.6 is 11.3 Å². The van der Waals surface area contributed by atoms with Crippen molar-refractivity contribution in [3.05, 3.63) is 75.2 Å². The van der Waals surface area contributed by atoms with Gasteiger partial charge >= 0.3 is 0 Å². The van der Waals surface area contributed by atoms with Gasteiger partial charge in [0.05, 0.1) is 16.3 Å². The number of thiazole rings is 1. The van der Waals surface area contributed by atoms with E-state index in [-0.39, 0.29) is 23.5 Å². The van der Waals surface area contributed by atoms with Crippen LogP contribution in [-0.4, -0.2) is 39.8 Å². The highest BCUT2D eigenvalue weighted by atomic mass is 32.1. The molecule has 160 valence electrons. The van der Waals surface area contributed by atoms with Crippen LogP contribution in [0.1, 0.15) is 55.2 Å². The van der Waals surface area contributed by atoms with Crippen molar-refractivity contribution in [1.29, 1.82) is 0 Å². The van der Waals surface area contributed by atoms with Gasteiger partial charge in [-0.25, -0.2) is 9.37 Å². The summed E-state index contributed by atoms with van der Waals surface area (Å²) in [5.74, 6) is -0.504. The lowest BCUT2D eigenvalue weighted by atomic mass is 9.94. The molecule has 1 aromatic carbocycles. The molecule has 2 aromatic heterocycles. The van der Waals surface area contributed by atoms with E-state index in [1.165, 1.54) is 35.6 Å². The molecule has 4 rings (SSSR count). The first-order valence-corrected chi connectivity index (χ1v) is 11.0. The zero-order chi connectivity index (χ0) is 22.0. The summed E-state index contributed by atoms with van der Waals surface area (Å²) >= 11 is 1.44. The SMILES string of the molecule is Cc1nc(C)c(C(=O)N2CCCC(c3ccc(C(=O)Nc4ccc(F)cc4)cn3)C2)s1. The minimum Gasteiger partial charge on any atom is -0.337 e. The summed E-state index contributed by atoms with van der Waals surface area (Å²) in [5, 5.41) is 3.62. The Balaban J connectivity index is 1.42. The van der Waals surface area contributed by atoms with Crippen molar-refractivity contribution in [3.63, 3.8) is 0 Å². The van der Waals surface area contributed by atoms with E-state index in [1.54, 1.807) is 12.3 Å². The van der Waals surface area contributed by atoms with Gasteiger partial charge in [-0.1, -0.05) is 0 Å². The molecule has 8 heteroatoms. The fourth-order valence-electron chi connectivity index (χ4n) is 3.79. The van der Waals surface area contributed by atoms with Crippen molar-refractivity contribution in [3.8, 4) is 0 Å². The van der Waals surface area contributed by atoms with Gasteiger partial charge in [-0.2, -0.15) is 0 Å². The maximum atomic E-state index is 13.0. The average Bonchev–Trinajstić information content (AvgIpc) is 3.13. The van der Waals surface area contributed by atoms with Crippen LogP contribution < -0.4 is 5.32 Å². The second-order valence-electron chi connectivity index (χ2n) is 7.67. The molecule has 3 aromatic rings. The van der Waals surface area contributed by atoms with Gasteiger partial charge in [0.2, 0.25) is 0 Å². The second kappa shape index (κ2) is 8.93. The first kappa shape index (κ1) is 21.1. The first-order chi connectivity index (χ1) is 14.9. The lowest BCUT2D eigenvalue weighted by molar-refractivity contribution is 0.0710. The Bertz CT molecular complexity index is 1100. The number of benzene rings is 1. The Labute approximate surface area is 184 Å². The first-order valence-electron chi connectivity index (χ1n) is 10.2. The van der Waals surface area contributed by atoms with Crippen LogP contribution in [0.15, 0.2) is 42.6 Å². The number of piperidine rings is 1. The summed E-state index contributed by atoms with van der Waals surface area (Å²) in [5.41, 5.74) is 2.59.